The van der Waals surface area contributed by atoms with Crippen molar-refractivity contribution in [3.05, 3.63) is 34.6 Å². The summed E-state index contributed by atoms with van der Waals surface area (Å²) in [6.07, 6.45) is 8.70. The van der Waals surface area contributed by atoms with E-state index in [9.17, 15) is 22.0 Å². The van der Waals surface area contributed by atoms with Crippen molar-refractivity contribution in [1.82, 2.24) is 0 Å². The zero-order chi connectivity index (χ0) is 17.2. The van der Waals surface area contributed by atoms with E-state index in [1.807, 2.05) is 0 Å². The fourth-order valence-corrected chi connectivity index (χ4v) is 2.00. The molecule has 0 aliphatic heterocycles. The lowest BCUT2D eigenvalue weighted by atomic mass is 10.1. The van der Waals surface area contributed by atoms with Crippen molar-refractivity contribution in [2.24, 2.45) is 5.16 Å². The molecule has 0 amide bonds. The Morgan fingerprint density at radius 2 is 1.30 bits per heavy atom. The highest BCUT2D eigenvalue weighted by molar-refractivity contribution is 5.56. The second-order valence-electron chi connectivity index (χ2n) is 5.17. The Morgan fingerprint density at radius 3 is 1.91 bits per heavy atom. The molecule has 0 aliphatic carbocycles. The third-order valence-corrected chi connectivity index (χ3v) is 3.35. The van der Waals surface area contributed by atoms with Gasteiger partial charge in [0.2, 0.25) is 5.82 Å². The van der Waals surface area contributed by atoms with E-state index in [0.717, 1.165) is 19.3 Å². The lowest BCUT2D eigenvalue weighted by molar-refractivity contribution is 0.124. The van der Waals surface area contributed by atoms with Gasteiger partial charge in [-0.2, -0.15) is 0 Å². The van der Waals surface area contributed by atoms with Crippen LogP contribution in [0.25, 0.3) is 0 Å². The first kappa shape index (κ1) is 19.4. The van der Waals surface area contributed by atoms with E-state index >= 15 is 0 Å². The van der Waals surface area contributed by atoms with Gasteiger partial charge in [-0.1, -0.05) is 44.2 Å². The Hall–Kier alpha value is -1.66. The first-order valence-corrected chi connectivity index (χ1v) is 7.64. The van der Waals surface area contributed by atoms with Crippen molar-refractivity contribution >= 4 is 6.21 Å². The zero-order valence-electron chi connectivity index (χ0n) is 13.0. The molecule has 0 fully saturated rings. The van der Waals surface area contributed by atoms with Crippen LogP contribution in [0.15, 0.2) is 5.16 Å². The van der Waals surface area contributed by atoms with Crippen LogP contribution in [0.4, 0.5) is 22.0 Å². The van der Waals surface area contributed by atoms with Gasteiger partial charge in [0.1, 0.15) is 6.61 Å². The van der Waals surface area contributed by atoms with Crippen molar-refractivity contribution < 1.29 is 26.8 Å². The molecule has 1 rings (SSSR count). The van der Waals surface area contributed by atoms with Gasteiger partial charge in [0.25, 0.3) is 0 Å². The topological polar surface area (TPSA) is 21.6 Å². The van der Waals surface area contributed by atoms with Crippen LogP contribution in [0.5, 0.6) is 0 Å². The van der Waals surface area contributed by atoms with E-state index in [4.69, 9.17) is 0 Å². The summed E-state index contributed by atoms with van der Waals surface area (Å²) in [6.45, 7) is 1.31. The standard InChI is InChI=1S/C16H20F5NO/c1-2-3-4-5-6-7-8-9-22-23-10-11-12(17)14(19)16(21)15(20)13(11)18/h9H,2-8,10H2,1H3/b22-9-. The first-order chi connectivity index (χ1) is 11.0. The Balaban J connectivity index is 2.38. The maximum Gasteiger partial charge on any atom is 0.200 e. The molecule has 0 N–H and O–H groups in total. The summed E-state index contributed by atoms with van der Waals surface area (Å²) in [6, 6.07) is 0. The first-order valence-electron chi connectivity index (χ1n) is 7.64. The number of hydrogen-bond acceptors (Lipinski definition) is 2. The van der Waals surface area contributed by atoms with E-state index in [-0.39, 0.29) is 0 Å². The van der Waals surface area contributed by atoms with Crippen molar-refractivity contribution in [1.29, 1.82) is 0 Å². The van der Waals surface area contributed by atoms with Gasteiger partial charge in [0.15, 0.2) is 23.3 Å². The van der Waals surface area contributed by atoms with Crippen LogP contribution < -0.4 is 0 Å². The summed E-state index contributed by atoms with van der Waals surface area (Å²) >= 11 is 0. The minimum Gasteiger partial charge on any atom is -0.391 e. The fourth-order valence-electron chi connectivity index (χ4n) is 2.00. The van der Waals surface area contributed by atoms with Gasteiger partial charge in [0, 0.05) is 6.21 Å². The minimum atomic E-state index is -2.18. The molecule has 1 aromatic rings. The highest BCUT2D eigenvalue weighted by Gasteiger charge is 2.25. The van der Waals surface area contributed by atoms with E-state index in [2.05, 4.69) is 16.9 Å². The smallest absolute Gasteiger partial charge is 0.200 e. The van der Waals surface area contributed by atoms with Crippen molar-refractivity contribution in [3.8, 4) is 0 Å². The zero-order valence-corrected chi connectivity index (χ0v) is 13.0. The number of oxime groups is 1. The summed E-state index contributed by atoms with van der Waals surface area (Å²) in [4.78, 5) is 4.61. The van der Waals surface area contributed by atoms with Crippen LogP contribution in [0, 0.1) is 29.1 Å². The Labute approximate surface area is 132 Å². The maximum atomic E-state index is 13.3. The van der Waals surface area contributed by atoms with E-state index in [1.165, 1.54) is 25.5 Å². The van der Waals surface area contributed by atoms with Crippen LogP contribution in [0.1, 0.15) is 57.4 Å². The van der Waals surface area contributed by atoms with Crippen molar-refractivity contribution in [2.75, 3.05) is 0 Å². The molecule has 7 heteroatoms. The highest BCUT2D eigenvalue weighted by atomic mass is 19.2. The van der Waals surface area contributed by atoms with Crippen LogP contribution in [-0.4, -0.2) is 6.21 Å². The molecule has 2 nitrogen and oxygen atoms in total. The molecule has 1 aromatic carbocycles. The third-order valence-electron chi connectivity index (χ3n) is 3.35. The quantitative estimate of drug-likeness (QED) is 0.135. The SMILES string of the molecule is CCCCCCCC/C=N\OCc1c(F)c(F)c(F)c(F)c1F. The highest BCUT2D eigenvalue weighted by Crippen LogP contribution is 2.23. The molecule has 0 saturated heterocycles. The molecule has 0 radical (unpaired) electrons. The molecule has 23 heavy (non-hydrogen) atoms. The number of benzene rings is 1. The Morgan fingerprint density at radius 1 is 0.783 bits per heavy atom. The monoisotopic (exact) mass is 337 g/mol. The lowest BCUT2D eigenvalue weighted by Gasteiger charge is -2.06. The predicted molar refractivity (Wildman–Crippen MR) is 77.5 cm³/mol. The molecule has 0 aromatic heterocycles. The molecule has 0 spiro atoms. The van der Waals surface area contributed by atoms with Gasteiger partial charge in [-0.3, -0.25) is 0 Å². The van der Waals surface area contributed by atoms with E-state index in [0.29, 0.717) is 6.42 Å². The van der Waals surface area contributed by atoms with Gasteiger partial charge in [0.05, 0.1) is 5.56 Å². The second kappa shape index (κ2) is 10.2. The average molecular weight is 337 g/mol. The molecule has 0 aliphatic rings. The molecule has 0 heterocycles. The average Bonchev–Trinajstić information content (AvgIpc) is 2.55. The summed E-state index contributed by atoms with van der Waals surface area (Å²) < 4.78 is 65.4. The molecular weight excluding hydrogens is 317 g/mol. The molecule has 0 bridgehead atoms. The largest absolute Gasteiger partial charge is 0.391 e. The van der Waals surface area contributed by atoms with Gasteiger partial charge in [-0.15, -0.1) is 0 Å². The second-order valence-corrected chi connectivity index (χ2v) is 5.17. The van der Waals surface area contributed by atoms with Gasteiger partial charge in [-0.25, -0.2) is 22.0 Å². The van der Waals surface area contributed by atoms with Gasteiger partial charge in [-0.05, 0) is 12.8 Å². The molecule has 130 valence electrons. The molecular formula is C16H20F5NO. The third kappa shape index (κ3) is 5.80. The normalized spacial score (nSPS) is 11.4. The van der Waals surface area contributed by atoms with Crippen molar-refractivity contribution in [3.63, 3.8) is 0 Å². The van der Waals surface area contributed by atoms with Crippen molar-refractivity contribution in [2.45, 2.75) is 58.5 Å². The van der Waals surface area contributed by atoms with E-state index < -0.39 is 41.3 Å². The van der Waals surface area contributed by atoms with Gasteiger partial charge < -0.3 is 4.84 Å². The summed E-state index contributed by atoms with van der Waals surface area (Å²) in [7, 11) is 0. The minimum absolute atomic E-state index is 0.628. The summed E-state index contributed by atoms with van der Waals surface area (Å²) in [5.74, 6) is -9.95. The Kier molecular flexibility index (Phi) is 8.58. The number of nitrogens with zero attached hydrogens (tertiary/aromatic N) is 1. The van der Waals surface area contributed by atoms with Crippen LogP contribution >= 0.6 is 0 Å². The van der Waals surface area contributed by atoms with Crippen LogP contribution in [0.3, 0.4) is 0 Å². The Bertz CT molecular complexity index is 505. The fraction of sp³-hybridized carbons (Fsp3) is 0.562. The molecule has 0 saturated carbocycles. The molecule has 0 unspecified atom stereocenters. The predicted octanol–water partition coefficient (Wildman–Crippen LogP) is 5.64. The van der Waals surface area contributed by atoms with E-state index in [1.54, 1.807) is 0 Å². The van der Waals surface area contributed by atoms with Crippen LogP contribution in [0.2, 0.25) is 0 Å². The number of hydrogen-bond donors (Lipinski definition) is 0. The van der Waals surface area contributed by atoms with Crippen LogP contribution in [-0.2, 0) is 11.4 Å². The summed E-state index contributed by atoms with van der Waals surface area (Å²) in [5.41, 5.74) is -1.03. The number of unbranched alkanes of at least 4 members (excludes halogenated alkanes) is 6. The lowest BCUT2D eigenvalue weighted by Crippen LogP contribution is -2.07. The van der Waals surface area contributed by atoms with Gasteiger partial charge >= 0.3 is 0 Å². The summed E-state index contributed by atoms with van der Waals surface area (Å²) in [5, 5.41) is 3.47. The maximum absolute atomic E-state index is 13.3. The number of rotatable bonds is 10. The number of halogens is 5. The molecule has 0 atom stereocenters.